The number of aryl methyl sites for hydroxylation is 1. The van der Waals surface area contributed by atoms with Crippen LogP contribution in [0, 0.1) is 6.92 Å². The summed E-state index contributed by atoms with van der Waals surface area (Å²) in [6, 6.07) is 8.60. The molecule has 1 aromatic heterocycles. The van der Waals surface area contributed by atoms with Crippen LogP contribution in [0.5, 0.6) is 11.6 Å². The summed E-state index contributed by atoms with van der Waals surface area (Å²) in [5.74, 6) is 0.361. The number of aromatic nitrogens is 1. The molecule has 18 heavy (non-hydrogen) atoms. The third kappa shape index (κ3) is 2.57. The first-order valence-corrected chi connectivity index (χ1v) is 5.36. The minimum atomic E-state index is -0.524. The van der Waals surface area contributed by atoms with Crippen molar-refractivity contribution in [3.05, 3.63) is 47.7 Å². The highest BCUT2D eigenvalue weighted by Crippen LogP contribution is 2.26. The molecule has 0 saturated carbocycles. The van der Waals surface area contributed by atoms with Gasteiger partial charge in [0.2, 0.25) is 11.8 Å². The number of nitrogens with two attached hydrogens (primary N) is 2. The Balaban J connectivity index is 2.21. The lowest BCUT2D eigenvalue weighted by Gasteiger charge is -2.08. The molecule has 4 N–H and O–H groups in total. The first kappa shape index (κ1) is 11.9. The molecular formula is C13H13N3O2. The van der Waals surface area contributed by atoms with E-state index in [-0.39, 0.29) is 0 Å². The molecule has 0 bridgehead atoms. The maximum absolute atomic E-state index is 10.9. The van der Waals surface area contributed by atoms with E-state index in [1.165, 1.54) is 6.20 Å². The van der Waals surface area contributed by atoms with Crippen molar-refractivity contribution in [3.8, 4) is 11.6 Å². The van der Waals surface area contributed by atoms with Gasteiger partial charge in [0.25, 0.3) is 0 Å². The number of carbonyl (C=O) groups excluding carboxylic acids is 1. The van der Waals surface area contributed by atoms with Gasteiger partial charge in [-0.3, -0.25) is 4.79 Å². The average Bonchev–Trinajstić information content (AvgIpc) is 2.33. The molecule has 1 amide bonds. The number of hydrogen-bond donors (Lipinski definition) is 2. The summed E-state index contributed by atoms with van der Waals surface area (Å²) in [7, 11) is 0. The monoisotopic (exact) mass is 243 g/mol. The van der Waals surface area contributed by atoms with Gasteiger partial charge >= 0.3 is 0 Å². The van der Waals surface area contributed by atoms with E-state index in [2.05, 4.69) is 4.98 Å². The lowest BCUT2D eigenvalue weighted by Crippen LogP contribution is -2.10. The Kier molecular flexibility index (Phi) is 3.14. The van der Waals surface area contributed by atoms with Crippen molar-refractivity contribution in [1.29, 1.82) is 0 Å². The van der Waals surface area contributed by atoms with Crippen LogP contribution in [-0.2, 0) is 0 Å². The highest BCUT2D eigenvalue weighted by molar-refractivity contribution is 5.92. The molecule has 0 aliphatic carbocycles. The highest BCUT2D eigenvalue weighted by Gasteiger charge is 2.05. The number of primary amides is 1. The fourth-order valence-corrected chi connectivity index (χ4v) is 1.46. The van der Waals surface area contributed by atoms with Crippen molar-refractivity contribution >= 4 is 11.6 Å². The zero-order chi connectivity index (χ0) is 13.1. The standard InChI is InChI=1S/C13H13N3O2/c1-8-2-4-11(10(14)6-8)18-12-5-3-9(7-16-12)13(15)17/h2-7H,14H2,1H3,(H2,15,17). The van der Waals surface area contributed by atoms with Crippen LogP contribution in [0.2, 0.25) is 0 Å². The molecular weight excluding hydrogens is 230 g/mol. The quantitative estimate of drug-likeness (QED) is 0.805. The maximum Gasteiger partial charge on any atom is 0.250 e. The molecule has 5 heteroatoms. The summed E-state index contributed by atoms with van der Waals surface area (Å²) >= 11 is 0. The highest BCUT2D eigenvalue weighted by atomic mass is 16.5. The van der Waals surface area contributed by atoms with Crippen LogP contribution < -0.4 is 16.2 Å². The topological polar surface area (TPSA) is 91.2 Å². The molecule has 0 aliphatic rings. The lowest BCUT2D eigenvalue weighted by molar-refractivity contribution is 0.1000. The zero-order valence-electron chi connectivity index (χ0n) is 9.88. The number of nitrogens with zero attached hydrogens (tertiary/aromatic N) is 1. The van der Waals surface area contributed by atoms with E-state index in [1.54, 1.807) is 18.2 Å². The molecule has 0 atom stereocenters. The van der Waals surface area contributed by atoms with Gasteiger partial charge < -0.3 is 16.2 Å². The molecule has 1 heterocycles. The second-order valence-corrected chi connectivity index (χ2v) is 3.89. The van der Waals surface area contributed by atoms with E-state index in [1.807, 2.05) is 19.1 Å². The van der Waals surface area contributed by atoms with Crippen LogP contribution in [0.15, 0.2) is 36.5 Å². The minimum absolute atomic E-state index is 0.333. The fraction of sp³-hybridized carbons (Fsp3) is 0.0769. The maximum atomic E-state index is 10.9. The van der Waals surface area contributed by atoms with Gasteiger partial charge in [0.1, 0.15) is 0 Å². The number of benzene rings is 1. The number of hydrogen-bond acceptors (Lipinski definition) is 4. The molecule has 2 aromatic rings. The lowest BCUT2D eigenvalue weighted by atomic mass is 10.2. The van der Waals surface area contributed by atoms with E-state index in [9.17, 15) is 4.79 Å². The molecule has 92 valence electrons. The Morgan fingerprint density at radius 3 is 2.61 bits per heavy atom. The van der Waals surface area contributed by atoms with Crippen LogP contribution in [0.4, 0.5) is 5.69 Å². The van der Waals surface area contributed by atoms with Crippen LogP contribution in [-0.4, -0.2) is 10.9 Å². The van der Waals surface area contributed by atoms with Gasteiger partial charge in [-0.1, -0.05) is 6.07 Å². The average molecular weight is 243 g/mol. The van der Waals surface area contributed by atoms with Gasteiger partial charge in [-0.05, 0) is 30.7 Å². The number of anilines is 1. The van der Waals surface area contributed by atoms with Crippen molar-refractivity contribution in [3.63, 3.8) is 0 Å². The van der Waals surface area contributed by atoms with Gasteiger partial charge in [-0.2, -0.15) is 0 Å². The van der Waals surface area contributed by atoms with Crippen molar-refractivity contribution < 1.29 is 9.53 Å². The van der Waals surface area contributed by atoms with Gasteiger partial charge in [0.15, 0.2) is 5.75 Å². The Morgan fingerprint density at radius 2 is 2.06 bits per heavy atom. The SMILES string of the molecule is Cc1ccc(Oc2ccc(C(N)=O)cn2)c(N)c1. The summed E-state index contributed by atoms with van der Waals surface area (Å²) in [6.45, 7) is 1.94. The molecule has 5 nitrogen and oxygen atoms in total. The van der Waals surface area contributed by atoms with E-state index in [0.29, 0.717) is 22.9 Å². The van der Waals surface area contributed by atoms with E-state index in [4.69, 9.17) is 16.2 Å². The van der Waals surface area contributed by atoms with Gasteiger partial charge in [-0.15, -0.1) is 0 Å². The number of carbonyl (C=O) groups is 1. The molecule has 0 fully saturated rings. The second kappa shape index (κ2) is 4.75. The van der Waals surface area contributed by atoms with Crippen molar-refractivity contribution in [1.82, 2.24) is 4.98 Å². The minimum Gasteiger partial charge on any atom is -0.437 e. The van der Waals surface area contributed by atoms with Crippen LogP contribution in [0.3, 0.4) is 0 Å². The van der Waals surface area contributed by atoms with Gasteiger partial charge in [-0.25, -0.2) is 4.98 Å². The second-order valence-electron chi connectivity index (χ2n) is 3.89. The first-order valence-electron chi connectivity index (χ1n) is 5.36. The van der Waals surface area contributed by atoms with Crippen LogP contribution >= 0.6 is 0 Å². The third-order valence-corrected chi connectivity index (χ3v) is 2.40. The third-order valence-electron chi connectivity index (χ3n) is 2.40. The number of ether oxygens (including phenoxy) is 1. The molecule has 0 unspecified atom stereocenters. The van der Waals surface area contributed by atoms with Gasteiger partial charge in [0, 0.05) is 12.3 Å². The Hall–Kier alpha value is -2.56. The smallest absolute Gasteiger partial charge is 0.250 e. The van der Waals surface area contributed by atoms with Crippen LogP contribution in [0.1, 0.15) is 15.9 Å². The largest absolute Gasteiger partial charge is 0.437 e. The van der Waals surface area contributed by atoms with E-state index in [0.717, 1.165) is 5.56 Å². The Bertz CT molecular complexity index is 579. The Labute approximate surface area is 104 Å². The van der Waals surface area contributed by atoms with Crippen molar-refractivity contribution in [2.24, 2.45) is 5.73 Å². The summed E-state index contributed by atoms with van der Waals surface area (Å²) in [6.07, 6.45) is 1.36. The molecule has 0 radical (unpaired) electrons. The first-order chi connectivity index (χ1) is 8.56. The summed E-state index contributed by atoms with van der Waals surface area (Å²) in [5.41, 5.74) is 12.9. The summed E-state index contributed by atoms with van der Waals surface area (Å²) in [5, 5.41) is 0. The predicted octanol–water partition coefficient (Wildman–Crippen LogP) is 1.86. The summed E-state index contributed by atoms with van der Waals surface area (Å²) in [4.78, 5) is 14.9. The van der Waals surface area contributed by atoms with Crippen LogP contribution in [0.25, 0.3) is 0 Å². The molecule has 0 spiro atoms. The summed E-state index contributed by atoms with van der Waals surface area (Å²) < 4.78 is 5.51. The van der Waals surface area contributed by atoms with E-state index >= 15 is 0 Å². The van der Waals surface area contributed by atoms with E-state index < -0.39 is 5.91 Å². The molecule has 0 saturated heterocycles. The molecule has 2 rings (SSSR count). The number of amides is 1. The zero-order valence-corrected chi connectivity index (χ0v) is 9.88. The normalized spacial score (nSPS) is 10.1. The molecule has 1 aromatic carbocycles. The Morgan fingerprint density at radius 1 is 1.28 bits per heavy atom. The van der Waals surface area contributed by atoms with Gasteiger partial charge in [0.05, 0.1) is 11.3 Å². The number of rotatable bonds is 3. The molecule has 0 aliphatic heterocycles. The number of nitrogen functional groups attached to an aromatic ring is 1. The van der Waals surface area contributed by atoms with Crippen molar-refractivity contribution in [2.45, 2.75) is 6.92 Å². The number of pyridine rings is 1. The van der Waals surface area contributed by atoms with Crippen molar-refractivity contribution in [2.75, 3.05) is 5.73 Å². The fourth-order valence-electron chi connectivity index (χ4n) is 1.46. The predicted molar refractivity (Wildman–Crippen MR) is 68.4 cm³/mol.